The number of nitrogen functional groups attached to an aromatic ring is 1. The molecular formula is C12H18N4. The molecular weight excluding hydrogens is 200 g/mol. The number of hydrogen-bond acceptors (Lipinski definition) is 3. The van der Waals surface area contributed by atoms with Crippen LogP contribution in [0.4, 0.5) is 5.82 Å². The molecule has 4 heteroatoms. The van der Waals surface area contributed by atoms with Gasteiger partial charge in [0.15, 0.2) is 5.82 Å². The van der Waals surface area contributed by atoms with Crippen LogP contribution in [0, 0.1) is 13.8 Å². The molecule has 0 aliphatic carbocycles. The van der Waals surface area contributed by atoms with Crippen molar-refractivity contribution in [1.82, 2.24) is 14.8 Å². The van der Waals surface area contributed by atoms with Gasteiger partial charge in [-0.2, -0.15) is 5.10 Å². The summed E-state index contributed by atoms with van der Waals surface area (Å²) in [5.41, 5.74) is 10.5. The number of nitrogens with two attached hydrogens (primary N) is 1. The quantitative estimate of drug-likeness (QED) is 0.799. The standard InChI is InChI=1S/C12H18N4/c1-6(2)9-8(4)16(5)11-10(9)7(3)14-15-12(11)13/h6H,1-5H3,(H2,13,15). The molecule has 0 fully saturated rings. The Kier molecular flexibility index (Phi) is 2.37. The molecule has 2 rings (SSSR count). The third-order valence-corrected chi connectivity index (χ3v) is 3.22. The normalized spacial score (nSPS) is 11.6. The van der Waals surface area contributed by atoms with Crippen molar-refractivity contribution >= 4 is 16.7 Å². The average molecular weight is 218 g/mol. The van der Waals surface area contributed by atoms with Crippen LogP contribution >= 0.6 is 0 Å². The van der Waals surface area contributed by atoms with E-state index in [1.54, 1.807) is 0 Å². The maximum absolute atomic E-state index is 5.91. The van der Waals surface area contributed by atoms with Crippen molar-refractivity contribution in [3.63, 3.8) is 0 Å². The van der Waals surface area contributed by atoms with Gasteiger partial charge in [0.05, 0.1) is 11.2 Å². The summed E-state index contributed by atoms with van der Waals surface area (Å²) in [6, 6.07) is 0. The molecule has 2 aromatic rings. The predicted molar refractivity (Wildman–Crippen MR) is 66.5 cm³/mol. The van der Waals surface area contributed by atoms with Gasteiger partial charge in [-0.1, -0.05) is 13.8 Å². The van der Waals surface area contributed by atoms with Gasteiger partial charge in [-0.3, -0.25) is 0 Å². The Morgan fingerprint density at radius 3 is 2.38 bits per heavy atom. The van der Waals surface area contributed by atoms with Gasteiger partial charge in [0.25, 0.3) is 0 Å². The lowest BCUT2D eigenvalue weighted by Gasteiger charge is -2.06. The van der Waals surface area contributed by atoms with Crippen LogP contribution in [-0.2, 0) is 7.05 Å². The topological polar surface area (TPSA) is 56.7 Å². The number of fused-ring (bicyclic) bond motifs is 1. The van der Waals surface area contributed by atoms with Gasteiger partial charge in [-0.25, -0.2) is 0 Å². The summed E-state index contributed by atoms with van der Waals surface area (Å²) in [5, 5.41) is 9.27. The van der Waals surface area contributed by atoms with Gasteiger partial charge >= 0.3 is 0 Å². The smallest absolute Gasteiger partial charge is 0.170 e. The second-order valence-corrected chi connectivity index (χ2v) is 4.61. The van der Waals surface area contributed by atoms with Gasteiger partial charge in [0.1, 0.15) is 0 Å². The third-order valence-electron chi connectivity index (χ3n) is 3.22. The number of anilines is 1. The van der Waals surface area contributed by atoms with E-state index in [-0.39, 0.29) is 0 Å². The number of aromatic nitrogens is 3. The van der Waals surface area contributed by atoms with Crippen molar-refractivity contribution in [2.45, 2.75) is 33.6 Å². The van der Waals surface area contributed by atoms with Crippen LogP contribution in [0.15, 0.2) is 0 Å². The first-order valence-corrected chi connectivity index (χ1v) is 5.52. The zero-order valence-electron chi connectivity index (χ0n) is 10.5. The van der Waals surface area contributed by atoms with Crippen LogP contribution in [0.5, 0.6) is 0 Å². The Hall–Kier alpha value is -1.58. The molecule has 4 nitrogen and oxygen atoms in total. The highest BCUT2D eigenvalue weighted by Gasteiger charge is 2.19. The molecule has 2 aromatic heterocycles. The predicted octanol–water partition coefficient (Wildman–Crippen LogP) is 2.29. The molecule has 0 radical (unpaired) electrons. The molecule has 0 saturated carbocycles. The Morgan fingerprint density at radius 2 is 1.81 bits per heavy atom. The summed E-state index contributed by atoms with van der Waals surface area (Å²) >= 11 is 0. The molecule has 0 unspecified atom stereocenters. The van der Waals surface area contributed by atoms with Crippen molar-refractivity contribution in [2.75, 3.05) is 5.73 Å². The monoisotopic (exact) mass is 218 g/mol. The Bertz CT molecular complexity index is 552. The van der Waals surface area contributed by atoms with E-state index in [0.29, 0.717) is 11.7 Å². The molecule has 0 bridgehead atoms. The molecule has 0 atom stereocenters. The van der Waals surface area contributed by atoms with E-state index in [0.717, 1.165) is 11.2 Å². The summed E-state index contributed by atoms with van der Waals surface area (Å²) in [7, 11) is 2.03. The third kappa shape index (κ3) is 1.29. The lowest BCUT2D eigenvalue weighted by molar-refractivity contribution is 0.829. The van der Waals surface area contributed by atoms with E-state index >= 15 is 0 Å². The van der Waals surface area contributed by atoms with Crippen LogP contribution in [0.1, 0.15) is 36.7 Å². The maximum Gasteiger partial charge on any atom is 0.170 e. The van der Waals surface area contributed by atoms with E-state index in [4.69, 9.17) is 5.73 Å². The average Bonchev–Trinajstić information content (AvgIpc) is 2.47. The molecule has 0 spiro atoms. The Labute approximate surface area is 95.5 Å². The van der Waals surface area contributed by atoms with E-state index in [9.17, 15) is 0 Å². The van der Waals surface area contributed by atoms with E-state index in [1.165, 1.54) is 16.6 Å². The highest BCUT2D eigenvalue weighted by molar-refractivity contribution is 5.94. The summed E-state index contributed by atoms with van der Waals surface area (Å²) in [6.45, 7) is 8.49. The summed E-state index contributed by atoms with van der Waals surface area (Å²) in [4.78, 5) is 0. The Morgan fingerprint density at radius 1 is 1.19 bits per heavy atom. The van der Waals surface area contributed by atoms with Gasteiger partial charge in [-0.05, 0) is 25.3 Å². The number of hydrogen-bond donors (Lipinski definition) is 1. The largest absolute Gasteiger partial charge is 0.380 e. The zero-order valence-corrected chi connectivity index (χ0v) is 10.5. The number of nitrogens with zero attached hydrogens (tertiary/aromatic N) is 3. The van der Waals surface area contributed by atoms with Crippen LogP contribution in [0.3, 0.4) is 0 Å². The minimum atomic E-state index is 0.464. The molecule has 0 aliphatic rings. The molecule has 0 aliphatic heterocycles. The SMILES string of the molecule is Cc1nnc(N)c2c1c(C(C)C)c(C)n2C. The summed E-state index contributed by atoms with van der Waals surface area (Å²) < 4.78 is 2.11. The lowest BCUT2D eigenvalue weighted by Crippen LogP contribution is -2.00. The number of rotatable bonds is 1. The summed E-state index contributed by atoms with van der Waals surface area (Å²) in [5.74, 6) is 0.976. The van der Waals surface area contributed by atoms with Gasteiger partial charge in [0.2, 0.25) is 0 Å². The molecule has 0 aromatic carbocycles. The molecule has 0 amide bonds. The molecule has 16 heavy (non-hydrogen) atoms. The van der Waals surface area contributed by atoms with Crippen molar-refractivity contribution < 1.29 is 0 Å². The van der Waals surface area contributed by atoms with Crippen molar-refractivity contribution in [3.8, 4) is 0 Å². The highest BCUT2D eigenvalue weighted by atomic mass is 15.2. The minimum Gasteiger partial charge on any atom is -0.380 e. The van der Waals surface area contributed by atoms with E-state index < -0.39 is 0 Å². The van der Waals surface area contributed by atoms with Crippen molar-refractivity contribution in [1.29, 1.82) is 0 Å². The van der Waals surface area contributed by atoms with E-state index in [2.05, 4.69) is 35.5 Å². The number of aryl methyl sites for hydroxylation is 2. The lowest BCUT2D eigenvalue weighted by atomic mass is 9.99. The fourth-order valence-electron chi connectivity index (χ4n) is 2.42. The first kappa shape index (κ1) is 10.9. The maximum atomic E-state index is 5.91. The molecule has 2 heterocycles. The van der Waals surface area contributed by atoms with Crippen LogP contribution in [0.25, 0.3) is 10.9 Å². The fraction of sp³-hybridized carbons (Fsp3) is 0.500. The van der Waals surface area contributed by atoms with Gasteiger partial charge in [0, 0.05) is 18.1 Å². The van der Waals surface area contributed by atoms with Crippen LogP contribution in [0.2, 0.25) is 0 Å². The zero-order chi connectivity index (χ0) is 12.0. The van der Waals surface area contributed by atoms with Crippen molar-refractivity contribution in [2.24, 2.45) is 7.05 Å². The minimum absolute atomic E-state index is 0.464. The molecule has 0 saturated heterocycles. The van der Waals surface area contributed by atoms with Gasteiger partial charge < -0.3 is 10.3 Å². The Balaban J connectivity index is 3.02. The van der Waals surface area contributed by atoms with Crippen LogP contribution < -0.4 is 5.73 Å². The van der Waals surface area contributed by atoms with Crippen LogP contribution in [-0.4, -0.2) is 14.8 Å². The van der Waals surface area contributed by atoms with Crippen molar-refractivity contribution in [3.05, 3.63) is 17.0 Å². The fourth-order valence-corrected chi connectivity index (χ4v) is 2.42. The highest BCUT2D eigenvalue weighted by Crippen LogP contribution is 2.33. The summed E-state index contributed by atoms with van der Waals surface area (Å²) in [6.07, 6.45) is 0. The second-order valence-electron chi connectivity index (χ2n) is 4.61. The molecule has 2 N–H and O–H groups in total. The first-order valence-electron chi connectivity index (χ1n) is 5.52. The van der Waals surface area contributed by atoms with Gasteiger partial charge in [-0.15, -0.1) is 5.10 Å². The molecule has 86 valence electrons. The van der Waals surface area contributed by atoms with E-state index in [1.807, 2.05) is 14.0 Å². The second kappa shape index (κ2) is 3.47. The first-order chi connectivity index (χ1) is 7.45.